The number of hydrogen-bond acceptors (Lipinski definition) is 1. The number of carbonyl (C=O) groups excluding carboxylic acids is 1. The second-order valence-electron chi connectivity index (χ2n) is 5.65. The van der Waals surface area contributed by atoms with E-state index in [4.69, 9.17) is 0 Å². The molecule has 2 aromatic carbocycles. The smallest absolute Gasteiger partial charge is 0.256 e. The van der Waals surface area contributed by atoms with E-state index < -0.39 is 0 Å². The molecule has 2 N–H and O–H groups in total. The van der Waals surface area contributed by atoms with Crippen LogP contribution in [0.5, 0.6) is 0 Å². The fraction of sp³-hybridized carbons (Fsp3) is 0. The number of fused-ring (bicyclic) bond motifs is 1. The van der Waals surface area contributed by atoms with Crippen molar-refractivity contribution in [2.24, 2.45) is 0 Å². The normalized spacial score (nSPS) is 15.0. The van der Waals surface area contributed by atoms with Gasteiger partial charge in [0.1, 0.15) is 0 Å². The lowest BCUT2D eigenvalue weighted by Crippen LogP contribution is -2.03. The molecular formula is C21H16N2O. The van der Waals surface area contributed by atoms with Gasteiger partial charge in [-0.1, -0.05) is 54.6 Å². The molecule has 1 aliphatic heterocycles. The van der Waals surface area contributed by atoms with Crippen molar-refractivity contribution in [2.45, 2.75) is 0 Å². The Kier molecular flexibility index (Phi) is 3.60. The molecule has 24 heavy (non-hydrogen) atoms. The van der Waals surface area contributed by atoms with Crippen LogP contribution >= 0.6 is 0 Å². The van der Waals surface area contributed by atoms with Crippen molar-refractivity contribution < 1.29 is 4.79 Å². The zero-order chi connectivity index (χ0) is 16.4. The summed E-state index contributed by atoms with van der Waals surface area (Å²) in [6, 6.07) is 19.9. The van der Waals surface area contributed by atoms with E-state index >= 15 is 0 Å². The van der Waals surface area contributed by atoms with Crippen molar-refractivity contribution in [3.05, 3.63) is 89.2 Å². The highest BCUT2D eigenvalue weighted by molar-refractivity contribution is 6.35. The minimum atomic E-state index is -0.0693. The lowest BCUT2D eigenvalue weighted by Gasteiger charge is -2.04. The Labute approximate surface area is 140 Å². The third-order valence-corrected chi connectivity index (χ3v) is 4.04. The third-order valence-electron chi connectivity index (χ3n) is 4.04. The minimum absolute atomic E-state index is 0.0693. The van der Waals surface area contributed by atoms with E-state index in [0.717, 1.165) is 28.1 Å². The van der Waals surface area contributed by atoms with Crippen LogP contribution in [0.3, 0.4) is 0 Å². The van der Waals surface area contributed by atoms with Crippen LogP contribution in [0, 0.1) is 0 Å². The summed E-state index contributed by atoms with van der Waals surface area (Å²) >= 11 is 0. The van der Waals surface area contributed by atoms with Gasteiger partial charge in [0.05, 0.1) is 5.57 Å². The lowest BCUT2D eigenvalue weighted by molar-refractivity contribution is -0.110. The Balaban J connectivity index is 1.78. The summed E-state index contributed by atoms with van der Waals surface area (Å²) in [5.41, 5.74) is 5.54. The zero-order valence-corrected chi connectivity index (χ0v) is 13.0. The first kappa shape index (κ1) is 14.3. The van der Waals surface area contributed by atoms with Crippen LogP contribution in [0.15, 0.2) is 66.9 Å². The van der Waals surface area contributed by atoms with Crippen molar-refractivity contribution in [2.75, 3.05) is 5.32 Å². The van der Waals surface area contributed by atoms with E-state index in [0.29, 0.717) is 5.57 Å². The number of H-pyrrole nitrogens is 1. The van der Waals surface area contributed by atoms with E-state index in [1.807, 2.05) is 60.8 Å². The average molecular weight is 312 g/mol. The highest BCUT2D eigenvalue weighted by Crippen LogP contribution is 2.36. The largest absolute Gasteiger partial charge is 0.362 e. The Bertz CT molecular complexity index is 935. The topological polar surface area (TPSA) is 44.9 Å². The molecule has 1 aromatic heterocycles. The number of rotatable bonds is 3. The van der Waals surface area contributed by atoms with Crippen molar-refractivity contribution in [3.63, 3.8) is 0 Å². The molecule has 3 nitrogen and oxygen atoms in total. The van der Waals surface area contributed by atoms with Gasteiger partial charge in [0, 0.05) is 23.1 Å². The van der Waals surface area contributed by atoms with Crippen LogP contribution in [0.2, 0.25) is 0 Å². The predicted molar refractivity (Wildman–Crippen MR) is 99.1 cm³/mol. The van der Waals surface area contributed by atoms with Gasteiger partial charge in [0.15, 0.2) is 0 Å². The van der Waals surface area contributed by atoms with Crippen LogP contribution in [-0.4, -0.2) is 10.9 Å². The van der Waals surface area contributed by atoms with Crippen LogP contribution < -0.4 is 5.32 Å². The van der Waals surface area contributed by atoms with Crippen LogP contribution in [0.1, 0.15) is 22.4 Å². The summed E-state index contributed by atoms with van der Waals surface area (Å²) in [6.07, 6.45) is 7.85. The van der Waals surface area contributed by atoms with Gasteiger partial charge in [-0.25, -0.2) is 0 Å². The third kappa shape index (κ3) is 2.68. The highest BCUT2D eigenvalue weighted by Gasteiger charge is 2.26. The molecule has 0 bridgehead atoms. The summed E-state index contributed by atoms with van der Waals surface area (Å²) in [6.45, 7) is 0. The van der Waals surface area contributed by atoms with E-state index in [9.17, 15) is 4.79 Å². The van der Waals surface area contributed by atoms with Gasteiger partial charge in [-0.15, -0.1) is 0 Å². The number of anilines is 1. The number of nitrogens with one attached hydrogen (secondary N) is 2. The molecule has 116 valence electrons. The maximum absolute atomic E-state index is 12.4. The molecule has 2 heterocycles. The molecule has 0 fully saturated rings. The standard InChI is InChI=1S/C21H16N2O/c24-21-18(14-17-9-5-13-22-17)20-16(8-4-10-19(20)23-21)12-11-15-6-2-1-3-7-15/h1-14,22H,(H,23,24). The minimum Gasteiger partial charge on any atom is -0.362 e. The van der Waals surface area contributed by atoms with Crippen molar-refractivity contribution in [1.29, 1.82) is 0 Å². The monoisotopic (exact) mass is 312 g/mol. The van der Waals surface area contributed by atoms with Crippen LogP contribution in [0.25, 0.3) is 23.8 Å². The second-order valence-corrected chi connectivity index (χ2v) is 5.65. The number of amides is 1. The molecule has 0 saturated heterocycles. The quantitative estimate of drug-likeness (QED) is 0.535. The number of aromatic nitrogens is 1. The summed E-state index contributed by atoms with van der Waals surface area (Å²) in [7, 11) is 0. The van der Waals surface area contributed by atoms with Crippen molar-refractivity contribution >= 4 is 35.4 Å². The molecule has 3 heteroatoms. The first-order chi connectivity index (χ1) is 11.8. The van der Waals surface area contributed by atoms with E-state index in [2.05, 4.69) is 34.6 Å². The molecule has 4 rings (SSSR count). The summed E-state index contributed by atoms with van der Waals surface area (Å²) in [5.74, 6) is -0.0693. The van der Waals surface area contributed by atoms with Gasteiger partial charge < -0.3 is 10.3 Å². The second kappa shape index (κ2) is 6.05. The van der Waals surface area contributed by atoms with Crippen LogP contribution in [-0.2, 0) is 4.79 Å². The van der Waals surface area contributed by atoms with Gasteiger partial charge in [-0.05, 0) is 35.4 Å². The molecule has 1 amide bonds. The molecule has 0 atom stereocenters. The molecule has 0 spiro atoms. The summed E-state index contributed by atoms with van der Waals surface area (Å²) < 4.78 is 0. The molecule has 0 aliphatic carbocycles. The summed E-state index contributed by atoms with van der Waals surface area (Å²) in [5, 5.41) is 2.94. The lowest BCUT2D eigenvalue weighted by atomic mass is 9.98. The van der Waals surface area contributed by atoms with Gasteiger partial charge >= 0.3 is 0 Å². The Morgan fingerprint density at radius 1 is 0.833 bits per heavy atom. The van der Waals surface area contributed by atoms with E-state index in [1.54, 1.807) is 0 Å². The van der Waals surface area contributed by atoms with Crippen molar-refractivity contribution in [3.8, 4) is 0 Å². The van der Waals surface area contributed by atoms with Gasteiger partial charge in [-0.2, -0.15) is 0 Å². The molecule has 0 saturated carbocycles. The Morgan fingerprint density at radius 3 is 2.50 bits per heavy atom. The SMILES string of the molecule is O=C1Nc2cccc(C=Cc3ccccc3)c2C1=Cc1ccc[nH]1. The molecule has 0 radical (unpaired) electrons. The first-order valence-corrected chi connectivity index (χ1v) is 7.84. The van der Waals surface area contributed by atoms with Gasteiger partial charge in [-0.3, -0.25) is 4.79 Å². The predicted octanol–water partition coefficient (Wildman–Crippen LogP) is 4.68. The van der Waals surface area contributed by atoms with Gasteiger partial charge in [0.2, 0.25) is 0 Å². The van der Waals surface area contributed by atoms with Crippen molar-refractivity contribution in [1.82, 2.24) is 4.98 Å². The highest BCUT2D eigenvalue weighted by atomic mass is 16.2. The molecule has 0 unspecified atom stereocenters. The summed E-state index contributed by atoms with van der Waals surface area (Å²) in [4.78, 5) is 15.5. The molecule has 1 aliphatic rings. The van der Waals surface area contributed by atoms with E-state index in [1.165, 1.54) is 0 Å². The first-order valence-electron chi connectivity index (χ1n) is 7.84. The Hall–Kier alpha value is -3.33. The maximum Gasteiger partial charge on any atom is 0.256 e. The number of aromatic amines is 1. The van der Waals surface area contributed by atoms with Crippen LogP contribution in [0.4, 0.5) is 5.69 Å². The number of carbonyl (C=O) groups is 1. The Morgan fingerprint density at radius 2 is 1.71 bits per heavy atom. The number of benzene rings is 2. The fourth-order valence-corrected chi connectivity index (χ4v) is 2.89. The average Bonchev–Trinajstić information content (AvgIpc) is 3.23. The molecular weight excluding hydrogens is 296 g/mol. The number of hydrogen-bond donors (Lipinski definition) is 2. The molecule has 3 aromatic rings. The maximum atomic E-state index is 12.4. The van der Waals surface area contributed by atoms with E-state index in [-0.39, 0.29) is 5.91 Å². The fourth-order valence-electron chi connectivity index (χ4n) is 2.89. The van der Waals surface area contributed by atoms with Gasteiger partial charge in [0.25, 0.3) is 5.91 Å². The zero-order valence-electron chi connectivity index (χ0n) is 13.0.